The standard InChI is InChI=1S/C20H13ClN2O/c21-15-8-11-17-18(12-15)23-20(14-6-9-16(24)10-7-14)19(22-17)13-4-2-1-3-5-13/h1-12,24H. The lowest BCUT2D eigenvalue weighted by molar-refractivity contribution is 0.475. The smallest absolute Gasteiger partial charge is 0.115 e. The molecule has 116 valence electrons. The molecule has 0 unspecified atom stereocenters. The summed E-state index contributed by atoms with van der Waals surface area (Å²) in [4.78, 5) is 9.59. The molecule has 0 bridgehead atoms. The Balaban J connectivity index is 2.02. The number of halogens is 1. The zero-order valence-corrected chi connectivity index (χ0v) is 13.4. The maximum absolute atomic E-state index is 9.54. The summed E-state index contributed by atoms with van der Waals surface area (Å²) >= 11 is 6.09. The highest BCUT2D eigenvalue weighted by atomic mass is 35.5. The first-order chi connectivity index (χ1) is 11.7. The predicted octanol–water partition coefficient (Wildman–Crippen LogP) is 5.32. The van der Waals surface area contributed by atoms with E-state index in [2.05, 4.69) is 0 Å². The van der Waals surface area contributed by atoms with Gasteiger partial charge in [0.15, 0.2) is 0 Å². The second-order valence-corrected chi connectivity index (χ2v) is 5.90. The Morgan fingerprint density at radius 1 is 0.667 bits per heavy atom. The van der Waals surface area contributed by atoms with Gasteiger partial charge in [-0.25, -0.2) is 9.97 Å². The average molecular weight is 333 g/mol. The van der Waals surface area contributed by atoms with Crippen LogP contribution in [0.3, 0.4) is 0 Å². The lowest BCUT2D eigenvalue weighted by Crippen LogP contribution is -1.95. The minimum atomic E-state index is 0.219. The van der Waals surface area contributed by atoms with Crippen molar-refractivity contribution in [3.05, 3.63) is 77.8 Å². The van der Waals surface area contributed by atoms with E-state index in [4.69, 9.17) is 21.6 Å². The van der Waals surface area contributed by atoms with Gasteiger partial charge in [0.25, 0.3) is 0 Å². The van der Waals surface area contributed by atoms with Crippen LogP contribution in [0.15, 0.2) is 72.8 Å². The van der Waals surface area contributed by atoms with Gasteiger partial charge < -0.3 is 5.11 Å². The number of aromatic hydroxyl groups is 1. The van der Waals surface area contributed by atoms with Crippen LogP contribution in [0.5, 0.6) is 5.75 Å². The van der Waals surface area contributed by atoms with Crippen LogP contribution < -0.4 is 0 Å². The number of phenols is 1. The van der Waals surface area contributed by atoms with E-state index in [0.717, 1.165) is 33.5 Å². The van der Waals surface area contributed by atoms with E-state index in [0.29, 0.717) is 5.02 Å². The van der Waals surface area contributed by atoms with E-state index in [1.807, 2.05) is 60.7 Å². The summed E-state index contributed by atoms with van der Waals surface area (Å²) in [5.74, 6) is 0.219. The van der Waals surface area contributed by atoms with Crippen molar-refractivity contribution in [2.45, 2.75) is 0 Å². The minimum absolute atomic E-state index is 0.219. The Morgan fingerprint density at radius 3 is 2.00 bits per heavy atom. The van der Waals surface area contributed by atoms with Crippen LogP contribution in [-0.2, 0) is 0 Å². The van der Waals surface area contributed by atoms with Crippen molar-refractivity contribution >= 4 is 22.6 Å². The van der Waals surface area contributed by atoms with Crippen molar-refractivity contribution < 1.29 is 5.11 Å². The van der Waals surface area contributed by atoms with Crippen molar-refractivity contribution in [3.8, 4) is 28.3 Å². The molecule has 4 heteroatoms. The van der Waals surface area contributed by atoms with Crippen molar-refractivity contribution in [3.63, 3.8) is 0 Å². The van der Waals surface area contributed by atoms with Gasteiger partial charge >= 0.3 is 0 Å². The molecule has 0 amide bonds. The highest BCUT2D eigenvalue weighted by Crippen LogP contribution is 2.32. The number of phenolic OH excluding ortho intramolecular Hbond substituents is 1. The summed E-state index contributed by atoms with van der Waals surface area (Å²) < 4.78 is 0. The van der Waals surface area contributed by atoms with E-state index < -0.39 is 0 Å². The Bertz CT molecular complexity index is 1010. The second kappa shape index (κ2) is 5.95. The van der Waals surface area contributed by atoms with Gasteiger partial charge in [-0.2, -0.15) is 0 Å². The van der Waals surface area contributed by atoms with Crippen LogP contribution in [0.25, 0.3) is 33.5 Å². The summed E-state index contributed by atoms with van der Waals surface area (Å²) in [5.41, 5.74) is 4.98. The molecule has 0 saturated heterocycles. The minimum Gasteiger partial charge on any atom is -0.508 e. The highest BCUT2D eigenvalue weighted by Gasteiger charge is 2.13. The molecule has 1 N–H and O–H groups in total. The zero-order chi connectivity index (χ0) is 16.5. The Morgan fingerprint density at radius 2 is 1.29 bits per heavy atom. The fourth-order valence-corrected chi connectivity index (χ4v) is 2.81. The normalized spacial score (nSPS) is 10.9. The fourth-order valence-electron chi connectivity index (χ4n) is 2.65. The maximum Gasteiger partial charge on any atom is 0.115 e. The van der Waals surface area contributed by atoms with Crippen LogP contribution in [-0.4, -0.2) is 15.1 Å². The molecule has 4 rings (SSSR count). The van der Waals surface area contributed by atoms with Gasteiger partial charge in [0.05, 0.1) is 22.4 Å². The molecule has 0 radical (unpaired) electrons. The first-order valence-corrected chi connectivity index (χ1v) is 7.91. The lowest BCUT2D eigenvalue weighted by Gasteiger charge is -2.11. The maximum atomic E-state index is 9.54. The van der Waals surface area contributed by atoms with Gasteiger partial charge in [-0.1, -0.05) is 41.9 Å². The largest absolute Gasteiger partial charge is 0.508 e. The van der Waals surface area contributed by atoms with E-state index in [1.165, 1.54) is 0 Å². The average Bonchev–Trinajstić information content (AvgIpc) is 2.62. The van der Waals surface area contributed by atoms with Crippen LogP contribution in [0.4, 0.5) is 0 Å². The Kier molecular flexibility index (Phi) is 3.63. The molecular formula is C20H13ClN2O. The molecule has 24 heavy (non-hydrogen) atoms. The van der Waals surface area contributed by atoms with E-state index in [-0.39, 0.29) is 5.75 Å². The predicted molar refractivity (Wildman–Crippen MR) is 97.1 cm³/mol. The molecular weight excluding hydrogens is 320 g/mol. The number of fused-ring (bicyclic) bond motifs is 1. The lowest BCUT2D eigenvalue weighted by atomic mass is 10.0. The van der Waals surface area contributed by atoms with Crippen LogP contribution in [0.1, 0.15) is 0 Å². The van der Waals surface area contributed by atoms with Crippen molar-refractivity contribution in [2.24, 2.45) is 0 Å². The third-order valence-electron chi connectivity index (χ3n) is 3.81. The van der Waals surface area contributed by atoms with Gasteiger partial charge in [0.1, 0.15) is 5.75 Å². The first-order valence-electron chi connectivity index (χ1n) is 7.53. The summed E-state index contributed by atoms with van der Waals surface area (Å²) in [7, 11) is 0. The Labute approximate surface area is 144 Å². The molecule has 1 heterocycles. The highest BCUT2D eigenvalue weighted by molar-refractivity contribution is 6.31. The number of nitrogens with zero attached hydrogens (tertiary/aromatic N) is 2. The summed E-state index contributed by atoms with van der Waals surface area (Å²) in [5, 5.41) is 10.2. The molecule has 0 saturated carbocycles. The SMILES string of the molecule is Oc1ccc(-c2nc3cc(Cl)ccc3nc2-c2ccccc2)cc1. The number of benzene rings is 3. The van der Waals surface area contributed by atoms with Crippen LogP contribution in [0.2, 0.25) is 5.02 Å². The van der Waals surface area contributed by atoms with Gasteiger partial charge in [0.2, 0.25) is 0 Å². The summed E-state index contributed by atoms with van der Waals surface area (Å²) in [6, 6.07) is 22.4. The summed E-state index contributed by atoms with van der Waals surface area (Å²) in [6.45, 7) is 0. The van der Waals surface area contributed by atoms with Crippen LogP contribution in [0, 0.1) is 0 Å². The monoisotopic (exact) mass is 332 g/mol. The van der Waals surface area contributed by atoms with Gasteiger partial charge in [-0.3, -0.25) is 0 Å². The molecule has 1 aromatic heterocycles. The molecule has 0 atom stereocenters. The molecule has 3 nitrogen and oxygen atoms in total. The van der Waals surface area contributed by atoms with Crippen molar-refractivity contribution in [1.29, 1.82) is 0 Å². The fraction of sp³-hybridized carbons (Fsp3) is 0. The second-order valence-electron chi connectivity index (χ2n) is 5.47. The third-order valence-corrected chi connectivity index (χ3v) is 4.05. The molecule has 0 aliphatic carbocycles. The van der Waals surface area contributed by atoms with E-state index >= 15 is 0 Å². The zero-order valence-electron chi connectivity index (χ0n) is 12.6. The van der Waals surface area contributed by atoms with Gasteiger partial charge in [-0.15, -0.1) is 0 Å². The quantitative estimate of drug-likeness (QED) is 0.540. The van der Waals surface area contributed by atoms with Crippen LogP contribution >= 0.6 is 11.6 Å². The van der Waals surface area contributed by atoms with Crippen molar-refractivity contribution in [1.82, 2.24) is 9.97 Å². The number of aromatic nitrogens is 2. The first kappa shape index (κ1) is 14.7. The van der Waals surface area contributed by atoms with E-state index in [1.54, 1.807) is 12.1 Å². The third kappa shape index (κ3) is 2.70. The van der Waals surface area contributed by atoms with Gasteiger partial charge in [-0.05, 0) is 42.5 Å². The number of rotatable bonds is 2. The number of hydrogen-bond donors (Lipinski definition) is 1. The molecule has 4 aromatic rings. The molecule has 0 aliphatic rings. The topological polar surface area (TPSA) is 46.0 Å². The molecule has 0 aliphatic heterocycles. The Hall–Kier alpha value is -2.91. The molecule has 3 aromatic carbocycles. The number of hydrogen-bond acceptors (Lipinski definition) is 3. The molecule has 0 fully saturated rings. The van der Waals surface area contributed by atoms with E-state index in [9.17, 15) is 5.11 Å². The van der Waals surface area contributed by atoms with Gasteiger partial charge in [0, 0.05) is 16.1 Å². The summed E-state index contributed by atoms with van der Waals surface area (Å²) in [6.07, 6.45) is 0. The molecule has 0 spiro atoms. The van der Waals surface area contributed by atoms with Crippen molar-refractivity contribution in [2.75, 3.05) is 0 Å².